The number of non-ortho nitro benzene ring substituents is 1. The molecule has 34 heavy (non-hydrogen) atoms. The molecule has 0 fully saturated rings. The maximum atomic E-state index is 12.0. The molecule has 0 saturated carbocycles. The van der Waals surface area contributed by atoms with Gasteiger partial charge in [-0.1, -0.05) is 41.9 Å². The van der Waals surface area contributed by atoms with Crippen molar-refractivity contribution in [1.82, 2.24) is 5.43 Å². The fraction of sp³-hybridized carbons (Fsp3) is 0.0833. The zero-order valence-electron chi connectivity index (χ0n) is 17.9. The Kier molecular flexibility index (Phi) is 8.78. The number of hydrazone groups is 1. The van der Waals surface area contributed by atoms with Crippen molar-refractivity contribution in [2.45, 2.75) is 6.61 Å². The molecule has 0 radical (unpaired) electrons. The Morgan fingerprint density at radius 3 is 2.71 bits per heavy atom. The van der Waals surface area contributed by atoms with Gasteiger partial charge in [-0.15, -0.1) is 0 Å². The van der Waals surface area contributed by atoms with Crippen molar-refractivity contribution in [1.29, 1.82) is 0 Å². The van der Waals surface area contributed by atoms with Crippen LogP contribution in [-0.4, -0.2) is 24.2 Å². The number of nitrogens with zero attached hydrogens (tertiary/aromatic N) is 2. The van der Waals surface area contributed by atoms with Crippen LogP contribution in [0.5, 0.6) is 11.5 Å². The second-order valence-electron chi connectivity index (χ2n) is 6.83. The van der Waals surface area contributed by atoms with E-state index in [0.29, 0.717) is 32.1 Å². The van der Waals surface area contributed by atoms with Gasteiger partial charge < -0.3 is 9.47 Å². The fourth-order valence-electron chi connectivity index (χ4n) is 2.84. The maximum absolute atomic E-state index is 12.0. The molecule has 0 aliphatic heterocycles. The number of hydrogen-bond acceptors (Lipinski definition) is 6. The standard InChI is InChI=1S/C24H19BrClN3O5/c1-33-22-13-17(12-20(25)24(22)34-15-18-6-2-3-8-21(18)26)14-27-28-23(30)10-9-16-5-4-7-19(11-16)29(31)32/h2-14H,15H2,1H3,(H,28,30)/b10-9+,27-14-. The molecule has 0 aliphatic carbocycles. The van der Waals surface area contributed by atoms with Crippen molar-refractivity contribution in [3.8, 4) is 11.5 Å². The van der Waals surface area contributed by atoms with Crippen LogP contribution in [0.1, 0.15) is 16.7 Å². The minimum absolute atomic E-state index is 0.0561. The summed E-state index contributed by atoms with van der Waals surface area (Å²) in [6, 6.07) is 16.8. The van der Waals surface area contributed by atoms with Crippen LogP contribution in [0.15, 0.2) is 76.3 Å². The van der Waals surface area contributed by atoms with Crippen LogP contribution in [0.3, 0.4) is 0 Å². The molecule has 174 valence electrons. The number of carbonyl (C=O) groups is 1. The molecule has 1 amide bonds. The number of ether oxygens (including phenoxy) is 2. The maximum Gasteiger partial charge on any atom is 0.270 e. The molecule has 0 atom stereocenters. The predicted octanol–water partition coefficient (Wildman–Crippen LogP) is 5.76. The number of amides is 1. The quantitative estimate of drug-likeness (QED) is 0.160. The SMILES string of the molecule is COc1cc(/C=N\NC(=O)/C=C/c2cccc([N+](=O)[O-])c2)cc(Br)c1OCc1ccccc1Cl. The van der Waals surface area contributed by atoms with Gasteiger partial charge in [-0.05, 0) is 51.3 Å². The molecule has 10 heteroatoms. The van der Waals surface area contributed by atoms with Crippen LogP contribution < -0.4 is 14.9 Å². The van der Waals surface area contributed by atoms with Crippen molar-refractivity contribution in [2.75, 3.05) is 7.11 Å². The van der Waals surface area contributed by atoms with Gasteiger partial charge in [-0.3, -0.25) is 14.9 Å². The first kappa shape index (κ1) is 24.9. The Labute approximate surface area is 209 Å². The monoisotopic (exact) mass is 543 g/mol. The molecule has 0 bridgehead atoms. The Balaban J connectivity index is 1.63. The highest BCUT2D eigenvalue weighted by molar-refractivity contribution is 9.10. The zero-order valence-corrected chi connectivity index (χ0v) is 20.2. The molecule has 3 rings (SSSR count). The number of methoxy groups -OCH3 is 1. The molecule has 0 saturated heterocycles. The third kappa shape index (κ3) is 6.90. The second kappa shape index (κ2) is 12.0. The Morgan fingerprint density at radius 2 is 1.97 bits per heavy atom. The van der Waals surface area contributed by atoms with Crippen LogP contribution in [0.2, 0.25) is 5.02 Å². The highest BCUT2D eigenvalue weighted by atomic mass is 79.9. The summed E-state index contributed by atoms with van der Waals surface area (Å²) >= 11 is 9.65. The molecule has 0 heterocycles. The van der Waals surface area contributed by atoms with E-state index in [1.54, 1.807) is 30.3 Å². The molecular formula is C24H19BrClN3O5. The number of benzene rings is 3. The largest absolute Gasteiger partial charge is 0.493 e. The van der Waals surface area contributed by atoms with Crippen LogP contribution in [-0.2, 0) is 11.4 Å². The number of nitro benzene ring substituents is 1. The van der Waals surface area contributed by atoms with Crippen LogP contribution in [0, 0.1) is 10.1 Å². The van der Waals surface area contributed by atoms with Crippen molar-refractivity contribution in [2.24, 2.45) is 5.10 Å². The van der Waals surface area contributed by atoms with E-state index in [1.165, 1.54) is 37.6 Å². The lowest BCUT2D eigenvalue weighted by molar-refractivity contribution is -0.384. The van der Waals surface area contributed by atoms with Crippen LogP contribution in [0.25, 0.3) is 6.08 Å². The van der Waals surface area contributed by atoms with Gasteiger partial charge in [0.15, 0.2) is 11.5 Å². The Hall–Kier alpha value is -3.69. The summed E-state index contributed by atoms with van der Waals surface area (Å²) in [5, 5.41) is 15.4. The molecular weight excluding hydrogens is 526 g/mol. The normalized spacial score (nSPS) is 11.0. The van der Waals surface area contributed by atoms with E-state index in [2.05, 4.69) is 26.5 Å². The van der Waals surface area contributed by atoms with Gasteiger partial charge in [0.1, 0.15) is 6.61 Å². The fourth-order valence-corrected chi connectivity index (χ4v) is 3.61. The lowest BCUT2D eigenvalue weighted by Gasteiger charge is -2.14. The molecule has 1 N–H and O–H groups in total. The van der Waals surface area contributed by atoms with E-state index in [4.69, 9.17) is 21.1 Å². The van der Waals surface area contributed by atoms with Gasteiger partial charge in [0.2, 0.25) is 0 Å². The predicted molar refractivity (Wildman–Crippen MR) is 134 cm³/mol. The Bertz CT molecular complexity index is 1260. The summed E-state index contributed by atoms with van der Waals surface area (Å²) in [4.78, 5) is 22.3. The average molecular weight is 545 g/mol. The summed E-state index contributed by atoms with van der Waals surface area (Å²) in [5.74, 6) is 0.483. The first-order valence-corrected chi connectivity index (χ1v) is 11.0. The zero-order chi connectivity index (χ0) is 24.5. The van der Waals surface area contributed by atoms with Gasteiger partial charge >= 0.3 is 0 Å². The van der Waals surface area contributed by atoms with Gasteiger partial charge in [-0.25, -0.2) is 5.43 Å². The van der Waals surface area contributed by atoms with Crippen molar-refractivity contribution in [3.05, 3.63) is 103 Å². The van der Waals surface area contributed by atoms with E-state index in [1.807, 2.05) is 18.2 Å². The highest BCUT2D eigenvalue weighted by Crippen LogP contribution is 2.37. The summed E-state index contributed by atoms with van der Waals surface area (Å²) in [7, 11) is 1.52. The first-order valence-electron chi connectivity index (χ1n) is 9.86. The molecule has 3 aromatic carbocycles. The van der Waals surface area contributed by atoms with Gasteiger partial charge in [-0.2, -0.15) is 5.10 Å². The summed E-state index contributed by atoms with van der Waals surface area (Å²) in [6.45, 7) is 0.259. The minimum Gasteiger partial charge on any atom is -0.493 e. The molecule has 0 spiro atoms. The third-order valence-electron chi connectivity index (χ3n) is 4.48. The smallest absolute Gasteiger partial charge is 0.270 e. The van der Waals surface area contributed by atoms with Crippen LogP contribution in [0.4, 0.5) is 5.69 Å². The first-order chi connectivity index (χ1) is 16.4. The van der Waals surface area contributed by atoms with Crippen molar-refractivity contribution < 1.29 is 19.2 Å². The summed E-state index contributed by atoms with van der Waals surface area (Å²) in [6.07, 6.45) is 4.14. The van der Waals surface area contributed by atoms with Crippen molar-refractivity contribution >= 4 is 51.4 Å². The number of rotatable bonds is 9. The van der Waals surface area contributed by atoms with Crippen LogP contribution >= 0.6 is 27.5 Å². The molecule has 8 nitrogen and oxygen atoms in total. The number of nitrogens with one attached hydrogen (secondary N) is 1. The van der Waals surface area contributed by atoms with Gasteiger partial charge in [0.05, 0.1) is 22.7 Å². The van der Waals surface area contributed by atoms with Crippen molar-refractivity contribution in [3.63, 3.8) is 0 Å². The molecule has 0 aliphatic rings. The average Bonchev–Trinajstić information content (AvgIpc) is 2.83. The number of hydrogen-bond donors (Lipinski definition) is 1. The number of halogens is 2. The molecule has 0 unspecified atom stereocenters. The number of nitro groups is 1. The van der Waals surface area contributed by atoms with E-state index in [9.17, 15) is 14.9 Å². The summed E-state index contributed by atoms with van der Waals surface area (Å²) in [5.41, 5.74) is 4.32. The van der Waals surface area contributed by atoms with E-state index in [0.717, 1.165) is 5.56 Å². The third-order valence-corrected chi connectivity index (χ3v) is 5.44. The van der Waals surface area contributed by atoms with E-state index >= 15 is 0 Å². The highest BCUT2D eigenvalue weighted by Gasteiger charge is 2.12. The molecule has 3 aromatic rings. The lowest BCUT2D eigenvalue weighted by atomic mass is 10.2. The topological polar surface area (TPSA) is 103 Å². The Morgan fingerprint density at radius 1 is 1.18 bits per heavy atom. The second-order valence-corrected chi connectivity index (χ2v) is 8.10. The summed E-state index contributed by atoms with van der Waals surface area (Å²) < 4.78 is 12.0. The van der Waals surface area contributed by atoms with E-state index < -0.39 is 10.8 Å². The van der Waals surface area contributed by atoms with Gasteiger partial charge in [0, 0.05) is 28.8 Å². The molecule has 0 aromatic heterocycles. The lowest BCUT2D eigenvalue weighted by Crippen LogP contribution is -2.14. The minimum atomic E-state index is -0.499. The number of carbonyl (C=O) groups excluding carboxylic acids is 1. The van der Waals surface area contributed by atoms with Gasteiger partial charge in [0.25, 0.3) is 11.6 Å². The van der Waals surface area contributed by atoms with E-state index in [-0.39, 0.29) is 12.3 Å².